The SMILES string of the molecule is C[C@H](N)C(=O)N1CCN(C(=O)c2ccc(Br)cc2)CC1.Cl. The van der Waals surface area contributed by atoms with E-state index in [1.807, 2.05) is 12.1 Å². The lowest BCUT2D eigenvalue weighted by atomic mass is 10.1. The zero-order valence-electron chi connectivity index (χ0n) is 11.8. The van der Waals surface area contributed by atoms with Gasteiger partial charge in [0.25, 0.3) is 5.91 Å². The van der Waals surface area contributed by atoms with Crippen molar-refractivity contribution in [2.75, 3.05) is 26.2 Å². The maximum absolute atomic E-state index is 12.3. The molecule has 1 fully saturated rings. The number of halogens is 2. The van der Waals surface area contributed by atoms with Crippen LogP contribution in [-0.2, 0) is 4.79 Å². The van der Waals surface area contributed by atoms with E-state index in [-0.39, 0.29) is 24.2 Å². The molecule has 0 bridgehead atoms. The van der Waals surface area contributed by atoms with Gasteiger partial charge in [0.05, 0.1) is 6.04 Å². The van der Waals surface area contributed by atoms with E-state index in [9.17, 15) is 9.59 Å². The van der Waals surface area contributed by atoms with Crippen molar-refractivity contribution in [3.63, 3.8) is 0 Å². The van der Waals surface area contributed by atoms with Crippen molar-refractivity contribution in [3.05, 3.63) is 34.3 Å². The van der Waals surface area contributed by atoms with Gasteiger partial charge in [0.2, 0.25) is 5.91 Å². The number of hydrogen-bond donors (Lipinski definition) is 1. The van der Waals surface area contributed by atoms with Crippen LogP contribution in [0.25, 0.3) is 0 Å². The standard InChI is InChI=1S/C14H18BrN3O2.ClH/c1-10(16)13(19)17-6-8-18(9-7-17)14(20)11-2-4-12(15)5-3-11;/h2-5,10H,6-9,16H2,1H3;1H/t10-;/m0./s1. The Bertz CT molecular complexity index is 499. The van der Waals surface area contributed by atoms with E-state index in [0.717, 1.165) is 4.47 Å². The number of benzene rings is 1. The molecule has 0 aromatic heterocycles. The minimum absolute atomic E-state index is 0. The Morgan fingerprint density at radius 2 is 1.57 bits per heavy atom. The summed E-state index contributed by atoms with van der Waals surface area (Å²) in [6.45, 7) is 3.87. The number of nitrogens with two attached hydrogens (primary N) is 1. The molecular formula is C14H19BrClN3O2. The molecule has 1 aliphatic rings. The number of nitrogens with zero attached hydrogens (tertiary/aromatic N) is 2. The van der Waals surface area contributed by atoms with Crippen LogP contribution in [0, 0.1) is 0 Å². The van der Waals surface area contributed by atoms with Crippen LogP contribution in [0.3, 0.4) is 0 Å². The molecule has 2 N–H and O–H groups in total. The molecule has 0 unspecified atom stereocenters. The predicted molar refractivity (Wildman–Crippen MR) is 87.5 cm³/mol. The monoisotopic (exact) mass is 375 g/mol. The molecule has 1 aliphatic heterocycles. The van der Waals surface area contributed by atoms with Gasteiger partial charge < -0.3 is 15.5 Å². The second-order valence-corrected chi connectivity index (χ2v) is 5.83. The average molecular weight is 377 g/mol. The molecule has 5 nitrogen and oxygen atoms in total. The van der Waals surface area contributed by atoms with E-state index in [1.165, 1.54) is 0 Å². The minimum Gasteiger partial charge on any atom is -0.338 e. The highest BCUT2D eigenvalue weighted by molar-refractivity contribution is 9.10. The van der Waals surface area contributed by atoms with Gasteiger partial charge >= 0.3 is 0 Å². The Morgan fingerprint density at radius 1 is 1.10 bits per heavy atom. The summed E-state index contributed by atoms with van der Waals surface area (Å²) in [6, 6.07) is 6.81. The van der Waals surface area contributed by atoms with E-state index in [1.54, 1.807) is 28.9 Å². The van der Waals surface area contributed by atoms with Crippen molar-refractivity contribution in [1.29, 1.82) is 0 Å². The largest absolute Gasteiger partial charge is 0.338 e. The summed E-state index contributed by atoms with van der Waals surface area (Å²) in [4.78, 5) is 27.6. The van der Waals surface area contributed by atoms with E-state index in [0.29, 0.717) is 31.7 Å². The molecule has 1 aromatic carbocycles. The molecular weight excluding hydrogens is 358 g/mol. The lowest BCUT2D eigenvalue weighted by molar-refractivity contribution is -0.133. The molecule has 0 radical (unpaired) electrons. The molecule has 2 amide bonds. The van der Waals surface area contributed by atoms with Gasteiger partial charge in [-0.1, -0.05) is 15.9 Å². The molecule has 0 spiro atoms. The van der Waals surface area contributed by atoms with E-state index >= 15 is 0 Å². The van der Waals surface area contributed by atoms with Crippen molar-refractivity contribution in [2.45, 2.75) is 13.0 Å². The van der Waals surface area contributed by atoms with E-state index in [4.69, 9.17) is 5.73 Å². The van der Waals surface area contributed by atoms with Gasteiger partial charge in [-0.25, -0.2) is 0 Å². The molecule has 2 rings (SSSR count). The quantitative estimate of drug-likeness (QED) is 0.850. The fourth-order valence-corrected chi connectivity index (χ4v) is 2.46. The van der Waals surface area contributed by atoms with Crippen LogP contribution >= 0.6 is 28.3 Å². The van der Waals surface area contributed by atoms with Crippen LogP contribution in [0.2, 0.25) is 0 Å². The summed E-state index contributed by atoms with van der Waals surface area (Å²) >= 11 is 3.35. The highest BCUT2D eigenvalue weighted by Crippen LogP contribution is 2.13. The Hall–Kier alpha value is -1.11. The number of carbonyl (C=O) groups excluding carboxylic acids is 2. The van der Waals surface area contributed by atoms with Crippen LogP contribution in [0.1, 0.15) is 17.3 Å². The first-order valence-electron chi connectivity index (χ1n) is 6.58. The van der Waals surface area contributed by atoms with E-state index < -0.39 is 6.04 Å². The van der Waals surface area contributed by atoms with Gasteiger partial charge in [-0.3, -0.25) is 9.59 Å². The third-order valence-corrected chi connectivity index (χ3v) is 3.89. The second kappa shape index (κ2) is 7.77. The van der Waals surface area contributed by atoms with Gasteiger partial charge in [-0.05, 0) is 31.2 Å². The Morgan fingerprint density at radius 3 is 2.05 bits per heavy atom. The van der Waals surface area contributed by atoms with Crippen LogP contribution < -0.4 is 5.73 Å². The highest BCUT2D eigenvalue weighted by atomic mass is 79.9. The zero-order valence-corrected chi connectivity index (χ0v) is 14.2. The van der Waals surface area contributed by atoms with Crippen molar-refractivity contribution in [1.82, 2.24) is 9.80 Å². The lowest BCUT2D eigenvalue weighted by Gasteiger charge is -2.35. The van der Waals surface area contributed by atoms with Crippen molar-refractivity contribution >= 4 is 40.2 Å². The predicted octanol–water partition coefficient (Wildman–Crippen LogP) is 1.50. The Kier molecular flexibility index (Phi) is 6.64. The molecule has 21 heavy (non-hydrogen) atoms. The number of piperazine rings is 1. The summed E-state index contributed by atoms with van der Waals surface area (Å²) in [6.07, 6.45) is 0. The van der Waals surface area contributed by atoms with Gasteiger partial charge in [-0.15, -0.1) is 12.4 Å². The minimum atomic E-state index is -0.483. The molecule has 0 saturated carbocycles. The van der Waals surface area contributed by atoms with Crippen LogP contribution in [0.5, 0.6) is 0 Å². The normalized spacial score (nSPS) is 16.1. The van der Waals surface area contributed by atoms with Gasteiger partial charge in [-0.2, -0.15) is 0 Å². The number of carbonyl (C=O) groups is 2. The second-order valence-electron chi connectivity index (χ2n) is 4.91. The summed E-state index contributed by atoms with van der Waals surface area (Å²) in [5.74, 6) is -0.0499. The molecule has 1 atom stereocenters. The smallest absolute Gasteiger partial charge is 0.253 e. The summed E-state index contributed by atoms with van der Waals surface area (Å²) in [5, 5.41) is 0. The fraction of sp³-hybridized carbons (Fsp3) is 0.429. The Labute approximate surface area is 139 Å². The van der Waals surface area contributed by atoms with Crippen molar-refractivity contribution < 1.29 is 9.59 Å². The third-order valence-electron chi connectivity index (χ3n) is 3.36. The van der Waals surface area contributed by atoms with E-state index in [2.05, 4.69) is 15.9 Å². The summed E-state index contributed by atoms with van der Waals surface area (Å²) in [7, 11) is 0. The first-order valence-corrected chi connectivity index (χ1v) is 7.37. The first kappa shape index (κ1) is 17.9. The molecule has 7 heteroatoms. The average Bonchev–Trinajstić information content (AvgIpc) is 2.46. The fourth-order valence-electron chi connectivity index (χ4n) is 2.19. The van der Waals surface area contributed by atoms with Gasteiger partial charge in [0.1, 0.15) is 0 Å². The number of hydrogen-bond acceptors (Lipinski definition) is 3. The van der Waals surface area contributed by atoms with Gasteiger partial charge in [0.15, 0.2) is 0 Å². The number of rotatable bonds is 2. The molecule has 1 saturated heterocycles. The highest BCUT2D eigenvalue weighted by Gasteiger charge is 2.25. The van der Waals surface area contributed by atoms with Crippen LogP contribution in [0.4, 0.5) is 0 Å². The number of amides is 2. The molecule has 1 aromatic rings. The third kappa shape index (κ3) is 4.43. The maximum atomic E-state index is 12.3. The molecule has 116 valence electrons. The lowest BCUT2D eigenvalue weighted by Crippen LogP contribution is -2.53. The van der Waals surface area contributed by atoms with Crippen molar-refractivity contribution in [2.24, 2.45) is 5.73 Å². The topological polar surface area (TPSA) is 66.6 Å². The molecule has 0 aliphatic carbocycles. The van der Waals surface area contributed by atoms with Gasteiger partial charge in [0, 0.05) is 36.2 Å². The zero-order chi connectivity index (χ0) is 14.7. The first-order chi connectivity index (χ1) is 9.49. The van der Waals surface area contributed by atoms with Crippen molar-refractivity contribution in [3.8, 4) is 0 Å². The Balaban J connectivity index is 0.00000220. The van der Waals surface area contributed by atoms with Crippen LogP contribution in [-0.4, -0.2) is 53.8 Å². The molecule has 1 heterocycles. The summed E-state index contributed by atoms with van der Waals surface area (Å²) < 4.78 is 0.946. The van der Waals surface area contributed by atoms with Crippen LogP contribution in [0.15, 0.2) is 28.7 Å². The summed E-state index contributed by atoms with van der Waals surface area (Å²) in [5.41, 5.74) is 6.26. The maximum Gasteiger partial charge on any atom is 0.253 e.